The number of aliphatic hydroxyl groups excluding tert-OH is 1. The molecule has 0 aliphatic rings. The second-order valence-corrected chi connectivity index (χ2v) is 4.52. The smallest absolute Gasteiger partial charge is 0.0703 e. The molecular formula is C12H27NO3. The van der Waals surface area contributed by atoms with Gasteiger partial charge in [-0.3, -0.25) is 0 Å². The number of hydrogen-bond acceptors (Lipinski definition) is 4. The van der Waals surface area contributed by atoms with Crippen molar-refractivity contribution in [3.8, 4) is 0 Å². The third kappa shape index (κ3) is 10.4. The van der Waals surface area contributed by atoms with E-state index >= 15 is 0 Å². The van der Waals surface area contributed by atoms with Crippen LogP contribution in [0, 0.1) is 0 Å². The molecule has 4 nitrogen and oxygen atoms in total. The third-order valence-corrected chi connectivity index (χ3v) is 2.08. The molecule has 16 heavy (non-hydrogen) atoms. The van der Waals surface area contributed by atoms with Gasteiger partial charge in [-0.2, -0.15) is 0 Å². The van der Waals surface area contributed by atoms with E-state index in [0.29, 0.717) is 25.9 Å². The number of aliphatic hydroxyl groups is 1. The van der Waals surface area contributed by atoms with Gasteiger partial charge in [0, 0.05) is 18.7 Å². The predicted molar refractivity (Wildman–Crippen MR) is 65.7 cm³/mol. The van der Waals surface area contributed by atoms with E-state index < -0.39 is 0 Å². The van der Waals surface area contributed by atoms with E-state index in [0.717, 1.165) is 6.42 Å². The zero-order valence-electron chi connectivity index (χ0n) is 11.0. The Morgan fingerprint density at radius 1 is 1.06 bits per heavy atom. The summed E-state index contributed by atoms with van der Waals surface area (Å²) in [6, 6.07) is 0.521. The molecule has 0 aliphatic heterocycles. The van der Waals surface area contributed by atoms with Gasteiger partial charge in [0.15, 0.2) is 0 Å². The van der Waals surface area contributed by atoms with Crippen LogP contribution in [-0.2, 0) is 9.47 Å². The SMILES string of the molecule is CC(C)NC(CO)CCOCCOC(C)C. The average molecular weight is 233 g/mol. The fourth-order valence-electron chi connectivity index (χ4n) is 1.37. The van der Waals surface area contributed by atoms with Gasteiger partial charge in [-0.1, -0.05) is 13.8 Å². The van der Waals surface area contributed by atoms with Gasteiger partial charge in [-0.25, -0.2) is 0 Å². The predicted octanol–water partition coefficient (Wildman–Crippen LogP) is 1.18. The van der Waals surface area contributed by atoms with Crippen molar-refractivity contribution in [3.05, 3.63) is 0 Å². The van der Waals surface area contributed by atoms with E-state index in [9.17, 15) is 0 Å². The maximum Gasteiger partial charge on any atom is 0.0703 e. The number of ether oxygens (including phenoxy) is 2. The summed E-state index contributed by atoms with van der Waals surface area (Å²) in [6.07, 6.45) is 1.09. The maximum atomic E-state index is 9.11. The van der Waals surface area contributed by atoms with Gasteiger partial charge in [0.25, 0.3) is 0 Å². The fraction of sp³-hybridized carbons (Fsp3) is 1.00. The molecule has 4 heteroatoms. The summed E-state index contributed by atoms with van der Waals surface area (Å²) < 4.78 is 10.8. The van der Waals surface area contributed by atoms with Crippen LogP contribution in [0.4, 0.5) is 0 Å². The summed E-state index contributed by atoms with van der Waals surface area (Å²) in [7, 11) is 0. The molecule has 2 N–H and O–H groups in total. The standard InChI is InChI=1S/C12H27NO3/c1-10(2)13-12(9-14)5-6-15-7-8-16-11(3)4/h10-14H,5-9H2,1-4H3. The summed E-state index contributed by atoms with van der Waals surface area (Å²) in [5.74, 6) is 0. The van der Waals surface area contributed by atoms with Gasteiger partial charge >= 0.3 is 0 Å². The second kappa shape index (κ2) is 10.0. The first-order chi connectivity index (χ1) is 7.56. The Morgan fingerprint density at radius 2 is 1.75 bits per heavy atom. The molecule has 0 aromatic carbocycles. The highest BCUT2D eigenvalue weighted by Crippen LogP contribution is 1.95. The minimum Gasteiger partial charge on any atom is -0.395 e. The Balaban J connectivity index is 3.34. The lowest BCUT2D eigenvalue weighted by Crippen LogP contribution is -2.38. The minimum absolute atomic E-state index is 0.131. The molecule has 0 rings (SSSR count). The number of rotatable bonds is 10. The van der Waals surface area contributed by atoms with E-state index in [1.54, 1.807) is 0 Å². The van der Waals surface area contributed by atoms with E-state index in [4.69, 9.17) is 14.6 Å². The van der Waals surface area contributed by atoms with Crippen molar-refractivity contribution < 1.29 is 14.6 Å². The second-order valence-electron chi connectivity index (χ2n) is 4.52. The van der Waals surface area contributed by atoms with Crippen LogP contribution < -0.4 is 5.32 Å². The molecule has 0 radical (unpaired) electrons. The van der Waals surface area contributed by atoms with Gasteiger partial charge in [-0.15, -0.1) is 0 Å². The molecule has 0 aliphatic carbocycles. The van der Waals surface area contributed by atoms with Crippen LogP contribution in [0.15, 0.2) is 0 Å². The highest BCUT2D eigenvalue weighted by Gasteiger charge is 2.07. The lowest BCUT2D eigenvalue weighted by atomic mass is 10.2. The van der Waals surface area contributed by atoms with Crippen molar-refractivity contribution in [3.63, 3.8) is 0 Å². The first kappa shape index (κ1) is 15.8. The van der Waals surface area contributed by atoms with Gasteiger partial charge in [-0.05, 0) is 20.3 Å². The highest BCUT2D eigenvalue weighted by atomic mass is 16.5. The summed E-state index contributed by atoms with van der Waals surface area (Å²) in [4.78, 5) is 0. The molecule has 0 spiro atoms. The van der Waals surface area contributed by atoms with Crippen LogP contribution in [0.3, 0.4) is 0 Å². The van der Waals surface area contributed by atoms with Gasteiger partial charge < -0.3 is 19.9 Å². The minimum atomic E-state index is 0.131. The Hall–Kier alpha value is -0.160. The van der Waals surface area contributed by atoms with Gasteiger partial charge in [0.1, 0.15) is 0 Å². The van der Waals surface area contributed by atoms with Gasteiger partial charge in [0.05, 0.1) is 25.9 Å². The summed E-state index contributed by atoms with van der Waals surface area (Å²) in [5.41, 5.74) is 0. The van der Waals surface area contributed by atoms with Crippen LogP contribution >= 0.6 is 0 Å². The van der Waals surface area contributed by atoms with Crippen molar-refractivity contribution in [1.82, 2.24) is 5.32 Å². The fourth-order valence-corrected chi connectivity index (χ4v) is 1.37. The number of nitrogens with one attached hydrogen (secondary N) is 1. The van der Waals surface area contributed by atoms with Crippen LogP contribution in [0.1, 0.15) is 34.1 Å². The normalized spacial score (nSPS) is 13.7. The molecule has 1 atom stereocenters. The van der Waals surface area contributed by atoms with Crippen LogP contribution in [0.5, 0.6) is 0 Å². The van der Waals surface area contributed by atoms with Crippen LogP contribution in [0.2, 0.25) is 0 Å². The Morgan fingerprint density at radius 3 is 2.25 bits per heavy atom. The molecule has 0 saturated heterocycles. The van der Waals surface area contributed by atoms with E-state index in [1.807, 2.05) is 13.8 Å². The lowest BCUT2D eigenvalue weighted by Gasteiger charge is -2.18. The topological polar surface area (TPSA) is 50.7 Å². The zero-order chi connectivity index (χ0) is 12.4. The molecule has 0 heterocycles. The quantitative estimate of drug-likeness (QED) is 0.556. The molecule has 0 amide bonds. The van der Waals surface area contributed by atoms with E-state index in [2.05, 4.69) is 19.2 Å². The molecule has 0 saturated carbocycles. The molecule has 0 aromatic heterocycles. The zero-order valence-corrected chi connectivity index (χ0v) is 11.0. The van der Waals surface area contributed by atoms with E-state index in [-0.39, 0.29) is 18.8 Å². The monoisotopic (exact) mass is 233 g/mol. The molecule has 1 unspecified atom stereocenters. The maximum absolute atomic E-state index is 9.11. The molecule has 98 valence electrons. The molecule has 0 fully saturated rings. The van der Waals surface area contributed by atoms with Crippen LogP contribution in [-0.4, -0.2) is 49.7 Å². The highest BCUT2D eigenvalue weighted by molar-refractivity contribution is 4.67. The first-order valence-electron chi connectivity index (χ1n) is 6.12. The van der Waals surface area contributed by atoms with Crippen molar-refractivity contribution in [1.29, 1.82) is 0 Å². The van der Waals surface area contributed by atoms with Crippen molar-refractivity contribution >= 4 is 0 Å². The molecular weight excluding hydrogens is 206 g/mol. The van der Waals surface area contributed by atoms with Crippen molar-refractivity contribution in [2.24, 2.45) is 0 Å². The molecule has 0 bridgehead atoms. The average Bonchev–Trinajstić information content (AvgIpc) is 2.20. The van der Waals surface area contributed by atoms with E-state index in [1.165, 1.54) is 0 Å². The molecule has 0 aromatic rings. The van der Waals surface area contributed by atoms with Crippen molar-refractivity contribution in [2.45, 2.75) is 52.3 Å². The summed E-state index contributed by atoms with van der Waals surface area (Å²) >= 11 is 0. The summed E-state index contributed by atoms with van der Waals surface area (Å²) in [6.45, 7) is 10.2. The Bertz CT molecular complexity index is 151. The first-order valence-corrected chi connectivity index (χ1v) is 6.12. The largest absolute Gasteiger partial charge is 0.395 e. The Labute approximate surface area is 99.3 Å². The Kier molecular flexibility index (Phi) is 9.92. The third-order valence-electron chi connectivity index (χ3n) is 2.08. The van der Waals surface area contributed by atoms with Crippen LogP contribution in [0.25, 0.3) is 0 Å². The van der Waals surface area contributed by atoms with Crippen molar-refractivity contribution in [2.75, 3.05) is 26.4 Å². The number of hydrogen-bond donors (Lipinski definition) is 2. The summed E-state index contributed by atoms with van der Waals surface area (Å²) in [5, 5.41) is 12.4. The van der Waals surface area contributed by atoms with Gasteiger partial charge in [0.2, 0.25) is 0 Å². The lowest BCUT2D eigenvalue weighted by molar-refractivity contribution is 0.0160.